The molecule has 0 saturated heterocycles. The molecule has 0 unspecified atom stereocenters. The average molecular weight is 433 g/mol. The molecule has 156 valence electrons. The van der Waals surface area contributed by atoms with E-state index in [0.717, 1.165) is 27.9 Å². The highest BCUT2D eigenvalue weighted by molar-refractivity contribution is 6.30. The first-order chi connectivity index (χ1) is 15.1. The summed E-state index contributed by atoms with van der Waals surface area (Å²) in [5, 5.41) is 4.31. The molecule has 0 saturated carbocycles. The molecule has 0 aliphatic carbocycles. The lowest BCUT2D eigenvalue weighted by Gasteiger charge is -2.12. The van der Waals surface area contributed by atoms with Crippen molar-refractivity contribution < 1.29 is 14.3 Å². The van der Waals surface area contributed by atoms with Crippen LogP contribution in [0.15, 0.2) is 72.8 Å². The van der Waals surface area contributed by atoms with Gasteiger partial charge >= 0.3 is 0 Å². The van der Waals surface area contributed by atoms with Gasteiger partial charge in [0.05, 0.1) is 24.9 Å². The van der Waals surface area contributed by atoms with Crippen molar-refractivity contribution in [3.63, 3.8) is 0 Å². The summed E-state index contributed by atoms with van der Waals surface area (Å²) >= 11 is 6.14. The number of aromatic nitrogens is 1. The number of ether oxygens (including phenoxy) is 2. The van der Waals surface area contributed by atoms with E-state index in [4.69, 9.17) is 26.1 Å². The van der Waals surface area contributed by atoms with Gasteiger partial charge in [0.15, 0.2) is 0 Å². The number of nitrogens with one attached hydrogen (secondary N) is 1. The lowest BCUT2D eigenvalue weighted by Crippen LogP contribution is -2.11. The highest BCUT2D eigenvalue weighted by atomic mass is 35.5. The molecule has 4 rings (SSSR count). The summed E-state index contributed by atoms with van der Waals surface area (Å²) in [6.45, 7) is 2.42. The number of fused-ring (bicyclic) bond motifs is 1. The number of pyridine rings is 1. The first kappa shape index (κ1) is 20.7. The van der Waals surface area contributed by atoms with Crippen molar-refractivity contribution in [2.45, 2.75) is 6.92 Å². The first-order valence-electron chi connectivity index (χ1n) is 9.86. The van der Waals surface area contributed by atoms with Crippen molar-refractivity contribution in [1.82, 2.24) is 4.98 Å². The second kappa shape index (κ2) is 9.06. The lowest BCUT2D eigenvalue weighted by atomic mass is 10.1. The predicted octanol–water partition coefficient (Wildman–Crippen LogP) is 6.21. The number of benzene rings is 3. The van der Waals surface area contributed by atoms with Gasteiger partial charge in [0.1, 0.15) is 11.5 Å². The van der Waals surface area contributed by atoms with Crippen molar-refractivity contribution in [3.8, 4) is 22.8 Å². The van der Waals surface area contributed by atoms with E-state index in [-0.39, 0.29) is 5.91 Å². The SMILES string of the molecule is CCOc1cc(-c2cccc(Cl)c2)nc2ccc(C(=O)Nc3ccc(OC)cc3)cc12. The van der Waals surface area contributed by atoms with E-state index in [1.165, 1.54) is 0 Å². The molecule has 0 spiro atoms. The van der Waals surface area contributed by atoms with Crippen molar-refractivity contribution >= 4 is 34.1 Å². The second-order valence-corrected chi connectivity index (χ2v) is 7.30. The molecule has 0 aliphatic rings. The van der Waals surface area contributed by atoms with Crippen molar-refractivity contribution in [2.24, 2.45) is 0 Å². The van der Waals surface area contributed by atoms with E-state index in [9.17, 15) is 4.79 Å². The van der Waals surface area contributed by atoms with Crippen LogP contribution in [0.25, 0.3) is 22.2 Å². The number of hydrogen-bond donors (Lipinski definition) is 1. The third kappa shape index (κ3) is 4.62. The zero-order chi connectivity index (χ0) is 21.8. The largest absolute Gasteiger partial charge is 0.497 e. The van der Waals surface area contributed by atoms with Crippen LogP contribution in [0, 0.1) is 0 Å². The Balaban J connectivity index is 1.69. The van der Waals surface area contributed by atoms with Crippen LogP contribution in [0.5, 0.6) is 11.5 Å². The molecule has 3 aromatic carbocycles. The van der Waals surface area contributed by atoms with E-state index in [2.05, 4.69) is 5.32 Å². The van der Waals surface area contributed by atoms with Gasteiger partial charge < -0.3 is 14.8 Å². The molecular formula is C25H21ClN2O3. The summed E-state index contributed by atoms with van der Waals surface area (Å²) < 4.78 is 11.0. The van der Waals surface area contributed by atoms with Crippen LogP contribution in [0.1, 0.15) is 17.3 Å². The number of amides is 1. The van der Waals surface area contributed by atoms with Gasteiger partial charge in [-0.3, -0.25) is 4.79 Å². The van der Waals surface area contributed by atoms with E-state index in [0.29, 0.717) is 28.6 Å². The first-order valence-corrected chi connectivity index (χ1v) is 10.2. The minimum absolute atomic E-state index is 0.214. The highest BCUT2D eigenvalue weighted by Gasteiger charge is 2.13. The van der Waals surface area contributed by atoms with E-state index in [1.807, 2.05) is 43.3 Å². The Hall–Kier alpha value is -3.57. The predicted molar refractivity (Wildman–Crippen MR) is 124 cm³/mol. The van der Waals surface area contributed by atoms with Crippen LogP contribution < -0.4 is 14.8 Å². The Bertz CT molecular complexity index is 1240. The third-order valence-corrected chi connectivity index (χ3v) is 5.04. The Kier molecular flexibility index (Phi) is 6.05. The quantitative estimate of drug-likeness (QED) is 0.393. The minimum atomic E-state index is -0.214. The molecule has 1 aromatic heterocycles. The highest BCUT2D eigenvalue weighted by Crippen LogP contribution is 2.32. The van der Waals surface area contributed by atoms with Gasteiger partial charge in [0.25, 0.3) is 5.91 Å². The molecule has 6 heteroatoms. The average Bonchev–Trinajstić information content (AvgIpc) is 2.79. The number of carbonyl (C=O) groups is 1. The Labute approximate surface area is 185 Å². The summed E-state index contributed by atoms with van der Waals surface area (Å²) in [7, 11) is 1.60. The topological polar surface area (TPSA) is 60.5 Å². The molecule has 0 fully saturated rings. The van der Waals surface area contributed by atoms with Gasteiger partial charge in [-0.25, -0.2) is 4.98 Å². The molecule has 1 N–H and O–H groups in total. The van der Waals surface area contributed by atoms with E-state index in [1.54, 1.807) is 43.5 Å². The summed E-state index contributed by atoms with van der Waals surface area (Å²) in [4.78, 5) is 17.5. The third-order valence-electron chi connectivity index (χ3n) is 4.80. The van der Waals surface area contributed by atoms with Gasteiger partial charge in [0.2, 0.25) is 0 Å². The van der Waals surface area contributed by atoms with Crippen LogP contribution in [0.4, 0.5) is 5.69 Å². The fourth-order valence-corrected chi connectivity index (χ4v) is 3.47. The van der Waals surface area contributed by atoms with Gasteiger partial charge in [-0.15, -0.1) is 0 Å². The summed E-state index contributed by atoms with van der Waals surface area (Å²) in [5.41, 5.74) is 3.60. The molecule has 0 aliphatic heterocycles. The van der Waals surface area contributed by atoms with Crippen molar-refractivity contribution in [2.75, 3.05) is 19.0 Å². The Morgan fingerprint density at radius 2 is 1.84 bits per heavy atom. The summed E-state index contributed by atoms with van der Waals surface area (Å²) in [6.07, 6.45) is 0. The molecule has 5 nitrogen and oxygen atoms in total. The van der Waals surface area contributed by atoms with Crippen LogP contribution >= 0.6 is 11.6 Å². The van der Waals surface area contributed by atoms with Crippen molar-refractivity contribution in [3.05, 3.63) is 83.4 Å². The van der Waals surface area contributed by atoms with Crippen molar-refractivity contribution in [1.29, 1.82) is 0 Å². The zero-order valence-electron chi connectivity index (χ0n) is 17.2. The maximum absolute atomic E-state index is 12.8. The Morgan fingerprint density at radius 1 is 1.03 bits per heavy atom. The van der Waals surface area contributed by atoms with Gasteiger partial charge in [0, 0.05) is 33.3 Å². The monoisotopic (exact) mass is 432 g/mol. The Morgan fingerprint density at radius 3 is 2.55 bits per heavy atom. The number of rotatable bonds is 6. The fourth-order valence-electron chi connectivity index (χ4n) is 3.28. The van der Waals surface area contributed by atoms with Crippen LogP contribution in [-0.2, 0) is 0 Å². The van der Waals surface area contributed by atoms with Crippen LogP contribution in [0.3, 0.4) is 0 Å². The maximum atomic E-state index is 12.8. The molecule has 0 bridgehead atoms. The molecule has 0 atom stereocenters. The standard InChI is InChI=1S/C25H21ClN2O3/c1-3-31-24-15-23(16-5-4-6-18(26)13-16)28-22-12-7-17(14-21(22)24)25(29)27-19-8-10-20(30-2)11-9-19/h4-15H,3H2,1-2H3,(H,27,29). The molecule has 31 heavy (non-hydrogen) atoms. The molecule has 1 amide bonds. The van der Waals surface area contributed by atoms with Gasteiger partial charge in [-0.05, 0) is 61.5 Å². The number of methoxy groups -OCH3 is 1. The summed E-state index contributed by atoms with van der Waals surface area (Å²) in [6, 6.07) is 22.0. The number of nitrogens with zero attached hydrogens (tertiary/aromatic N) is 1. The molecular weight excluding hydrogens is 412 g/mol. The molecule has 1 heterocycles. The second-order valence-electron chi connectivity index (χ2n) is 6.86. The minimum Gasteiger partial charge on any atom is -0.497 e. The molecule has 0 radical (unpaired) electrons. The zero-order valence-corrected chi connectivity index (χ0v) is 17.9. The van der Waals surface area contributed by atoms with Gasteiger partial charge in [-0.1, -0.05) is 23.7 Å². The van der Waals surface area contributed by atoms with E-state index >= 15 is 0 Å². The number of anilines is 1. The number of hydrogen-bond acceptors (Lipinski definition) is 4. The van der Waals surface area contributed by atoms with Crippen LogP contribution in [-0.4, -0.2) is 24.6 Å². The number of carbonyl (C=O) groups excluding carboxylic acids is 1. The fraction of sp³-hybridized carbons (Fsp3) is 0.120. The smallest absolute Gasteiger partial charge is 0.255 e. The normalized spacial score (nSPS) is 10.7. The maximum Gasteiger partial charge on any atom is 0.255 e. The van der Waals surface area contributed by atoms with Crippen LogP contribution in [0.2, 0.25) is 5.02 Å². The van der Waals surface area contributed by atoms with E-state index < -0.39 is 0 Å². The summed E-state index contributed by atoms with van der Waals surface area (Å²) in [5.74, 6) is 1.18. The van der Waals surface area contributed by atoms with Gasteiger partial charge in [-0.2, -0.15) is 0 Å². The number of halogens is 1. The lowest BCUT2D eigenvalue weighted by molar-refractivity contribution is 0.102. The molecule has 4 aromatic rings.